The Labute approximate surface area is 201 Å². The number of imidazole rings is 1. The third-order valence-electron chi connectivity index (χ3n) is 6.45. The van der Waals surface area contributed by atoms with Gasteiger partial charge in [0, 0.05) is 36.8 Å². The Morgan fingerprint density at radius 1 is 1.21 bits per heavy atom. The maximum absolute atomic E-state index is 10.5. The summed E-state index contributed by atoms with van der Waals surface area (Å²) in [5.41, 5.74) is 9.61. The Balaban J connectivity index is 1.44. The number of aryl methyl sites for hydroxylation is 1. The minimum atomic E-state index is -0.955. The maximum Gasteiger partial charge on any atom is 0.192 e. The van der Waals surface area contributed by atoms with E-state index >= 15 is 0 Å². The summed E-state index contributed by atoms with van der Waals surface area (Å²) in [6, 6.07) is 10.0. The summed E-state index contributed by atoms with van der Waals surface area (Å²) in [4.78, 5) is 9.40. The molecule has 0 bridgehead atoms. The summed E-state index contributed by atoms with van der Waals surface area (Å²) < 4.78 is 21.2. The van der Waals surface area contributed by atoms with E-state index in [0.29, 0.717) is 30.0 Å². The number of hydrogen-bond donors (Lipinski definition) is 2. The van der Waals surface area contributed by atoms with Crippen LogP contribution in [0.1, 0.15) is 32.6 Å². The zero-order valence-electron chi connectivity index (χ0n) is 19.1. The number of aromatic nitrogens is 3. The summed E-state index contributed by atoms with van der Waals surface area (Å²) >= 11 is 1.48. The molecule has 9 heteroatoms. The number of nitrogen functional groups attached to an aromatic ring is 1. The third kappa shape index (κ3) is 3.97. The summed E-state index contributed by atoms with van der Waals surface area (Å²) in [6.45, 7) is 3.82. The Morgan fingerprint density at radius 3 is 2.91 bits per heavy atom. The van der Waals surface area contributed by atoms with Crippen molar-refractivity contribution in [3.63, 3.8) is 0 Å². The molecule has 178 valence electrons. The number of fused-ring (bicyclic) bond motifs is 1. The number of nitrogens with two attached hydrogens (primary N) is 1. The lowest BCUT2D eigenvalue weighted by Gasteiger charge is -2.24. The normalized spacial score (nSPS) is 17.8. The molecule has 3 heterocycles. The second-order valence-corrected chi connectivity index (χ2v) is 9.99. The van der Waals surface area contributed by atoms with Crippen LogP contribution < -0.4 is 15.2 Å². The minimum Gasteiger partial charge on any atom is -0.491 e. The molecule has 2 atom stereocenters. The number of benzene rings is 2. The number of anilines is 1. The van der Waals surface area contributed by atoms with Crippen LogP contribution >= 0.6 is 11.3 Å². The first kappa shape index (κ1) is 21.6. The fraction of sp³-hybridized carbons (Fsp3) is 0.440. The highest BCUT2D eigenvalue weighted by atomic mass is 32.1. The smallest absolute Gasteiger partial charge is 0.192 e. The van der Waals surface area contributed by atoms with Crippen molar-refractivity contribution in [1.29, 1.82) is 0 Å². The van der Waals surface area contributed by atoms with Crippen molar-refractivity contribution in [2.75, 3.05) is 18.9 Å². The molecular weight excluding hydrogens is 452 g/mol. The Kier molecular flexibility index (Phi) is 5.55. The van der Waals surface area contributed by atoms with Crippen LogP contribution in [0.4, 0.5) is 5.13 Å². The van der Waals surface area contributed by atoms with Crippen molar-refractivity contribution in [2.24, 2.45) is 5.92 Å². The molecule has 2 aromatic heterocycles. The Morgan fingerprint density at radius 2 is 2.09 bits per heavy atom. The number of aliphatic hydroxyl groups excluding tert-OH is 1. The van der Waals surface area contributed by atoms with Gasteiger partial charge in [-0.05, 0) is 50.8 Å². The molecule has 0 radical (unpaired) electrons. The van der Waals surface area contributed by atoms with Gasteiger partial charge in [-0.3, -0.25) is 0 Å². The molecule has 34 heavy (non-hydrogen) atoms. The van der Waals surface area contributed by atoms with Crippen LogP contribution in [-0.4, -0.2) is 45.2 Å². The summed E-state index contributed by atoms with van der Waals surface area (Å²) in [6.07, 6.45) is 2.67. The van der Waals surface area contributed by atoms with Gasteiger partial charge in [0.1, 0.15) is 22.8 Å². The van der Waals surface area contributed by atoms with E-state index < -0.39 is 12.4 Å². The number of aliphatic hydroxyl groups is 1. The summed E-state index contributed by atoms with van der Waals surface area (Å²) in [5.74, 6) is 2.59. The van der Waals surface area contributed by atoms with E-state index in [1.165, 1.54) is 11.3 Å². The van der Waals surface area contributed by atoms with Gasteiger partial charge < -0.3 is 29.6 Å². The van der Waals surface area contributed by atoms with Crippen LogP contribution in [0.5, 0.6) is 11.5 Å². The van der Waals surface area contributed by atoms with Gasteiger partial charge in [0.2, 0.25) is 0 Å². The molecule has 2 unspecified atom stereocenters. The number of thiazole rings is 1. The highest BCUT2D eigenvalue weighted by molar-refractivity contribution is 7.22. The zero-order valence-corrected chi connectivity index (χ0v) is 19.9. The number of ether oxygens (including phenoxy) is 3. The number of hydrogen-bond acceptors (Lipinski definition) is 8. The number of nitrogens with zero attached hydrogens (tertiary/aromatic N) is 3. The number of rotatable bonds is 7. The van der Waals surface area contributed by atoms with Crippen LogP contribution in [0.15, 0.2) is 30.3 Å². The molecule has 2 aromatic carbocycles. The Bertz CT molecular complexity index is 1350. The van der Waals surface area contributed by atoms with E-state index in [2.05, 4.69) is 15.6 Å². The largest absolute Gasteiger partial charge is 0.491 e. The Hall–Kier alpha value is -2.88. The predicted octanol–water partition coefficient (Wildman–Crippen LogP) is 4.58. The van der Waals surface area contributed by atoms with Crippen molar-refractivity contribution in [3.8, 4) is 22.9 Å². The first-order valence-electron chi connectivity index (χ1n) is 11.9. The van der Waals surface area contributed by atoms with Gasteiger partial charge in [0.05, 0.1) is 22.3 Å². The summed E-state index contributed by atoms with van der Waals surface area (Å²) in [7, 11) is 0. The maximum atomic E-state index is 10.5. The third-order valence-corrected chi connectivity index (χ3v) is 7.30. The lowest BCUT2D eigenvalue weighted by Crippen LogP contribution is -2.35. The van der Waals surface area contributed by atoms with Crippen LogP contribution in [0.3, 0.4) is 0 Å². The first-order valence-corrected chi connectivity index (χ1v) is 12.7. The molecule has 0 spiro atoms. The average Bonchev–Trinajstić information content (AvgIpc) is 3.47. The zero-order chi connectivity index (χ0) is 23.2. The van der Waals surface area contributed by atoms with Crippen molar-refractivity contribution >= 4 is 37.7 Å². The van der Waals surface area contributed by atoms with Gasteiger partial charge in [0.25, 0.3) is 0 Å². The van der Waals surface area contributed by atoms with E-state index in [9.17, 15) is 5.11 Å². The molecule has 1 aliphatic heterocycles. The van der Waals surface area contributed by atoms with Gasteiger partial charge in [0.15, 0.2) is 17.5 Å². The fourth-order valence-electron chi connectivity index (χ4n) is 4.69. The molecule has 0 saturated heterocycles. The molecule has 8 nitrogen and oxygen atoms in total. The van der Waals surface area contributed by atoms with Crippen molar-refractivity contribution in [2.45, 2.75) is 51.5 Å². The average molecular weight is 481 g/mol. The molecule has 6 rings (SSSR count). The minimum absolute atomic E-state index is 0.298. The fourth-order valence-corrected chi connectivity index (χ4v) is 5.47. The lowest BCUT2D eigenvalue weighted by molar-refractivity contribution is -0.156. The second kappa shape index (κ2) is 8.72. The van der Waals surface area contributed by atoms with E-state index in [1.807, 2.05) is 31.2 Å². The first-order chi connectivity index (χ1) is 16.6. The standard InChI is InChI=1S/C25H28N4O4S/c1-2-31-24(30)22(14-5-6-14)33-16-12-18-21-19(13-16)32-10-4-3-9-29(21)23(27-18)15-7-8-17-20(11-15)34-25(26)28-17/h7-8,11-14,22,24,30H,2-6,9-10H2,1H3,(H2,26,28). The van der Waals surface area contributed by atoms with E-state index in [1.54, 1.807) is 0 Å². The molecule has 4 aromatic rings. The molecule has 1 saturated carbocycles. The SMILES string of the molecule is CCOC(O)C(Oc1cc2c3c(c1)nc(-c1ccc4nc(N)sc4c1)n3CCCCO2)C1CC1. The van der Waals surface area contributed by atoms with Gasteiger partial charge in [-0.15, -0.1) is 0 Å². The van der Waals surface area contributed by atoms with Gasteiger partial charge in [-0.2, -0.15) is 0 Å². The molecule has 1 aliphatic carbocycles. The highest BCUT2D eigenvalue weighted by Gasteiger charge is 2.38. The topological polar surface area (TPSA) is 105 Å². The van der Waals surface area contributed by atoms with Crippen LogP contribution in [0.2, 0.25) is 0 Å². The van der Waals surface area contributed by atoms with E-state index in [0.717, 1.165) is 70.6 Å². The molecule has 1 fully saturated rings. The molecule has 2 aliphatic rings. The van der Waals surface area contributed by atoms with Crippen LogP contribution in [0, 0.1) is 5.92 Å². The highest BCUT2D eigenvalue weighted by Crippen LogP contribution is 2.40. The van der Waals surface area contributed by atoms with Gasteiger partial charge >= 0.3 is 0 Å². The second-order valence-electron chi connectivity index (χ2n) is 8.93. The van der Waals surface area contributed by atoms with Gasteiger partial charge in [-0.25, -0.2) is 9.97 Å². The van der Waals surface area contributed by atoms with E-state index in [4.69, 9.17) is 24.9 Å². The van der Waals surface area contributed by atoms with Crippen LogP contribution in [-0.2, 0) is 11.3 Å². The predicted molar refractivity (Wildman–Crippen MR) is 132 cm³/mol. The molecule has 0 amide bonds. The summed E-state index contributed by atoms with van der Waals surface area (Å²) in [5, 5.41) is 11.0. The van der Waals surface area contributed by atoms with Crippen molar-refractivity contribution in [1.82, 2.24) is 14.5 Å². The van der Waals surface area contributed by atoms with Crippen LogP contribution in [0.25, 0.3) is 32.6 Å². The quantitative estimate of drug-likeness (QED) is 0.373. The molecule has 3 N–H and O–H groups in total. The van der Waals surface area contributed by atoms with Crippen molar-refractivity contribution in [3.05, 3.63) is 30.3 Å². The lowest BCUT2D eigenvalue weighted by atomic mass is 10.2. The van der Waals surface area contributed by atoms with E-state index in [-0.39, 0.29) is 0 Å². The molecular formula is C25H28N4O4S. The van der Waals surface area contributed by atoms with Crippen molar-refractivity contribution < 1.29 is 19.3 Å². The monoisotopic (exact) mass is 480 g/mol. The van der Waals surface area contributed by atoms with Gasteiger partial charge in [-0.1, -0.05) is 11.3 Å².